The number of aromatic nitrogens is 1. The van der Waals surface area contributed by atoms with Crippen molar-refractivity contribution < 1.29 is 14.6 Å². The first-order chi connectivity index (χ1) is 13.5. The first-order valence-electron chi connectivity index (χ1n) is 10.1. The largest absolute Gasteiger partial charge is 0.445 e. The summed E-state index contributed by atoms with van der Waals surface area (Å²) in [5, 5.41) is 11.5. The molecule has 2 saturated heterocycles. The lowest BCUT2D eigenvalue weighted by Crippen LogP contribution is -2.59. The van der Waals surface area contributed by atoms with Gasteiger partial charge in [0.15, 0.2) is 0 Å². The Labute approximate surface area is 166 Å². The molecular weight excluding hydrogens is 352 g/mol. The normalized spacial score (nSPS) is 26.8. The molecule has 5 nitrogen and oxygen atoms in total. The maximum absolute atomic E-state index is 12.9. The molecule has 2 bridgehead atoms. The Morgan fingerprint density at radius 3 is 2.54 bits per heavy atom. The molecule has 0 aliphatic carbocycles. The van der Waals surface area contributed by atoms with Crippen LogP contribution in [0.1, 0.15) is 54.5 Å². The number of carbonyl (C=O) groups is 1. The summed E-state index contributed by atoms with van der Waals surface area (Å²) >= 11 is 0. The van der Waals surface area contributed by atoms with Gasteiger partial charge >= 0.3 is 6.09 Å². The van der Waals surface area contributed by atoms with Crippen molar-refractivity contribution in [1.82, 2.24) is 9.88 Å². The number of carbonyl (C=O) groups excluding carboxylic acids is 1. The topological polar surface area (TPSA) is 62.7 Å². The van der Waals surface area contributed by atoms with Crippen LogP contribution < -0.4 is 0 Å². The predicted molar refractivity (Wildman–Crippen MR) is 107 cm³/mol. The summed E-state index contributed by atoms with van der Waals surface area (Å²) in [6.45, 7) is 4.29. The van der Waals surface area contributed by atoms with Gasteiger partial charge in [-0.25, -0.2) is 4.79 Å². The molecule has 5 heteroatoms. The number of hydrogen-bond donors (Lipinski definition) is 1. The molecule has 2 aromatic rings. The highest BCUT2D eigenvalue weighted by Crippen LogP contribution is 2.44. The summed E-state index contributed by atoms with van der Waals surface area (Å²) in [5.41, 5.74) is 2.86. The molecule has 1 aromatic carbocycles. The Kier molecular flexibility index (Phi) is 5.11. The first kappa shape index (κ1) is 18.9. The molecule has 2 unspecified atom stereocenters. The molecule has 1 amide bonds. The number of piperidine rings is 2. The van der Waals surface area contributed by atoms with Crippen molar-refractivity contribution >= 4 is 6.09 Å². The smallest absolute Gasteiger partial charge is 0.410 e. The number of ether oxygens (including phenoxy) is 1. The highest BCUT2D eigenvalue weighted by atomic mass is 16.6. The first-order valence-corrected chi connectivity index (χ1v) is 10.1. The Bertz CT molecular complexity index is 838. The fourth-order valence-corrected chi connectivity index (χ4v) is 4.92. The number of nitrogens with zero attached hydrogens (tertiary/aromatic N) is 2. The number of fused-ring (bicyclic) bond motifs is 2. The summed E-state index contributed by atoms with van der Waals surface area (Å²) in [6, 6.07) is 11.8. The van der Waals surface area contributed by atoms with Crippen LogP contribution >= 0.6 is 0 Å². The molecule has 2 aliphatic heterocycles. The van der Waals surface area contributed by atoms with Gasteiger partial charge in [-0.15, -0.1) is 0 Å². The van der Waals surface area contributed by atoms with Crippen molar-refractivity contribution in [1.29, 1.82) is 0 Å². The number of aryl methyl sites for hydroxylation is 2. The summed E-state index contributed by atoms with van der Waals surface area (Å²) in [7, 11) is 0. The van der Waals surface area contributed by atoms with Gasteiger partial charge in [-0.3, -0.25) is 4.98 Å². The number of hydrogen-bond acceptors (Lipinski definition) is 4. The van der Waals surface area contributed by atoms with Gasteiger partial charge in [0.25, 0.3) is 0 Å². The lowest BCUT2D eigenvalue weighted by molar-refractivity contribution is -0.0921. The number of aliphatic hydroxyl groups is 1. The molecule has 1 N–H and O–H groups in total. The van der Waals surface area contributed by atoms with E-state index in [1.54, 1.807) is 0 Å². The van der Waals surface area contributed by atoms with E-state index in [2.05, 4.69) is 11.1 Å². The van der Waals surface area contributed by atoms with Gasteiger partial charge in [0.2, 0.25) is 0 Å². The third-order valence-corrected chi connectivity index (χ3v) is 6.08. The summed E-state index contributed by atoms with van der Waals surface area (Å²) in [6.07, 6.45) is 5.44. The lowest BCUT2D eigenvalue weighted by atomic mass is 9.73. The zero-order chi connectivity index (χ0) is 19.7. The van der Waals surface area contributed by atoms with Crippen molar-refractivity contribution in [3.63, 3.8) is 0 Å². The molecule has 0 spiro atoms. The number of benzene rings is 1. The Hall–Kier alpha value is -2.40. The van der Waals surface area contributed by atoms with E-state index in [0.717, 1.165) is 41.6 Å². The second-order valence-corrected chi connectivity index (χ2v) is 8.30. The van der Waals surface area contributed by atoms with Crippen molar-refractivity contribution in [3.8, 4) is 0 Å². The maximum Gasteiger partial charge on any atom is 0.410 e. The second kappa shape index (κ2) is 7.55. The van der Waals surface area contributed by atoms with Crippen LogP contribution in [-0.2, 0) is 16.9 Å². The molecule has 28 heavy (non-hydrogen) atoms. The van der Waals surface area contributed by atoms with Crippen molar-refractivity contribution in [2.75, 3.05) is 0 Å². The van der Waals surface area contributed by atoms with E-state index in [0.29, 0.717) is 12.8 Å². The highest BCUT2D eigenvalue weighted by molar-refractivity contribution is 5.69. The van der Waals surface area contributed by atoms with E-state index >= 15 is 0 Å². The SMILES string of the molecule is Cc1cnc(C2(O)CC3CCCC(C2)N3C(=O)OCc2ccccc2)c(C)c1. The van der Waals surface area contributed by atoms with Gasteiger partial charge in [0, 0.05) is 31.1 Å². The molecule has 4 rings (SSSR count). The Morgan fingerprint density at radius 2 is 1.89 bits per heavy atom. The van der Waals surface area contributed by atoms with Crippen LogP contribution in [0.4, 0.5) is 4.79 Å². The second-order valence-electron chi connectivity index (χ2n) is 8.30. The molecule has 148 valence electrons. The summed E-state index contributed by atoms with van der Waals surface area (Å²) in [4.78, 5) is 19.3. The van der Waals surface area contributed by atoms with Crippen LogP contribution in [0, 0.1) is 13.8 Å². The maximum atomic E-state index is 12.9. The van der Waals surface area contributed by atoms with Crippen LogP contribution in [-0.4, -0.2) is 33.2 Å². The lowest BCUT2D eigenvalue weighted by Gasteiger charge is -2.51. The zero-order valence-electron chi connectivity index (χ0n) is 16.6. The zero-order valence-corrected chi connectivity index (χ0v) is 16.6. The minimum atomic E-state index is -0.982. The van der Waals surface area contributed by atoms with Gasteiger partial charge in [-0.1, -0.05) is 36.4 Å². The fourth-order valence-electron chi connectivity index (χ4n) is 4.92. The molecule has 2 fully saturated rings. The van der Waals surface area contributed by atoms with Crippen molar-refractivity contribution in [3.05, 3.63) is 65.0 Å². The van der Waals surface area contributed by atoms with E-state index in [-0.39, 0.29) is 24.8 Å². The summed E-state index contributed by atoms with van der Waals surface area (Å²) < 4.78 is 5.61. The summed E-state index contributed by atoms with van der Waals surface area (Å²) in [5.74, 6) is 0. The number of rotatable bonds is 3. The molecule has 0 radical (unpaired) electrons. The Balaban J connectivity index is 1.51. The minimum absolute atomic E-state index is 0.0109. The van der Waals surface area contributed by atoms with Crippen molar-refractivity contribution in [2.24, 2.45) is 0 Å². The standard InChI is InChI=1S/C23H28N2O3/c1-16-11-17(2)21(24-14-16)23(27)12-19-9-6-10-20(13-23)25(19)22(26)28-15-18-7-4-3-5-8-18/h3-5,7-8,11,14,19-20,27H,6,9-10,12-13,15H2,1-2H3. The molecule has 2 aliphatic rings. The molecule has 1 aromatic heterocycles. The third-order valence-electron chi connectivity index (χ3n) is 6.08. The van der Waals surface area contributed by atoms with E-state index in [4.69, 9.17) is 4.74 Å². The molecular formula is C23H28N2O3. The minimum Gasteiger partial charge on any atom is -0.445 e. The van der Waals surface area contributed by atoms with Gasteiger partial charge in [0.05, 0.1) is 5.69 Å². The van der Waals surface area contributed by atoms with Crippen LogP contribution in [0.25, 0.3) is 0 Å². The fraction of sp³-hybridized carbons (Fsp3) is 0.478. The van der Waals surface area contributed by atoms with Crippen LogP contribution in [0.5, 0.6) is 0 Å². The van der Waals surface area contributed by atoms with E-state index < -0.39 is 5.60 Å². The Morgan fingerprint density at radius 1 is 1.21 bits per heavy atom. The monoisotopic (exact) mass is 380 g/mol. The van der Waals surface area contributed by atoms with Crippen LogP contribution in [0.15, 0.2) is 42.6 Å². The molecule has 0 saturated carbocycles. The van der Waals surface area contributed by atoms with E-state index in [1.807, 2.05) is 55.3 Å². The average Bonchev–Trinajstić information content (AvgIpc) is 2.66. The van der Waals surface area contributed by atoms with Gasteiger partial charge in [-0.2, -0.15) is 0 Å². The molecule has 3 heterocycles. The third kappa shape index (κ3) is 3.63. The van der Waals surface area contributed by atoms with Gasteiger partial charge in [-0.05, 0) is 49.8 Å². The average molecular weight is 380 g/mol. The van der Waals surface area contributed by atoms with Crippen LogP contribution in [0.2, 0.25) is 0 Å². The quantitative estimate of drug-likeness (QED) is 0.865. The van der Waals surface area contributed by atoms with Crippen molar-refractivity contribution in [2.45, 2.75) is 70.2 Å². The number of amides is 1. The van der Waals surface area contributed by atoms with Crippen LogP contribution in [0.3, 0.4) is 0 Å². The van der Waals surface area contributed by atoms with Gasteiger partial charge < -0.3 is 14.7 Å². The predicted octanol–water partition coefficient (Wildman–Crippen LogP) is 4.24. The highest BCUT2D eigenvalue weighted by Gasteiger charge is 2.49. The number of pyridine rings is 1. The van der Waals surface area contributed by atoms with E-state index in [1.165, 1.54) is 0 Å². The molecule has 2 atom stereocenters. The van der Waals surface area contributed by atoms with E-state index in [9.17, 15) is 9.90 Å². The van der Waals surface area contributed by atoms with Gasteiger partial charge in [0.1, 0.15) is 12.2 Å².